The van der Waals surface area contributed by atoms with Gasteiger partial charge in [0.25, 0.3) is 5.56 Å². The Morgan fingerprint density at radius 2 is 1.89 bits per heavy atom. The van der Waals surface area contributed by atoms with Crippen LogP contribution >= 0.6 is 10.0 Å². The van der Waals surface area contributed by atoms with Crippen LogP contribution in [0.25, 0.3) is 16.6 Å². The molecule has 2 aromatic carbocycles. The molecule has 27 heavy (non-hydrogen) atoms. The lowest BCUT2D eigenvalue weighted by molar-refractivity contribution is -0.105. The average Bonchev–Trinajstić information content (AvgIpc) is 3.34. The number of nitrogens with zero attached hydrogens (tertiary/aromatic N) is 2. The molecule has 3 nitrogen and oxygen atoms in total. The molecule has 0 spiro atoms. The van der Waals surface area contributed by atoms with Gasteiger partial charge in [-0.15, -0.1) is 0 Å². The minimum Gasteiger partial charge on any atom is -0.268 e. The molecule has 1 aliphatic heterocycles. The van der Waals surface area contributed by atoms with Crippen molar-refractivity contribution >= 4 is 20.9 Å². The molecule has 1 saturated heterocycles. The molecule has 142 valence electrons. The van der Waals surface area contributed by atoms with Crippen molar-refractivity contribution in [2.24, 2.45) is 0 Å². The Kier molecular flexibility index (Phi) is 4.06. The third-order valence-corrected chi connectivity index (χ3v) is 8.42. The maximum atomic E-state index is 14.6. The smallest absolute Gasteiger partial charge is 0.268 e. The summed E-state index contributed by atoms with van der Waals surface area (Å²) < 4.78 is 54.8. The van der Waals surface area contributed by atoms with E-state index in [4.69, 9.17) is 0 Å². The highest BCUT2D eigenvalue weighted by Crippen LogP contribution is 2.70. The minimum absolute atomic E-state index is 0.0557. The Morgan fingerprint density at radius 3 is 2.56 bits per heavy atom. The number of hydrogen-bond acceptors (Lipinski definition) is 2. The van der Waals surface area contributed by atoms with E-state index in [9.17, 15) is 22.4 Å². The molecule has 0 N–H and O–H groups in total. The normalized spacial score (nSPS) is 17.1. The van der Waals surface area contributed by atoms with E-state index < -0.39 is 33.3 Å². The van der Waals surface area contributed by atoms with Crippen molar-refractivity contribution in [2.45, 2.75) is 18.0 Å². The Hall–Kier alpha value is -2.35. The standard InChI is InChI=1S/C19H16F4N2OS/c1-12-8-14(20)16(9-17(12)27(6-7-27)10-19(21,22)23)25-11-24-15-5-3-2-4-13(15)18(25)26/h2-5,8-9,11H,6-7,10H2,1H3. The van der Waals surface area contributed by atoms with Crippen molar-refractivity contribution in [3.05, 3.63) is 64.5 Å². The van der Waals surface area contributed by atoms with Gasteiger partial charge in [-0.2, -0.15) is 13.2 Å². The van der Waals surface area contributed by atoms with Crippen LogP contribution in [0, 0.1) is 12.7 Å². The summed E-state index contributed by atoms with van der Waals surface area (Å²) in [5, 5.41) is 0.324. The van der Waals surface area contributed by atoms with E-state index >= 15 is 0 Å². The first-order chi connectivity index (χ1) is 12.7. The van der Waals surface area contributed by atoms with Gasteiger partial charge in [-0.3, -0.25) is 9.36 Å². The molecule has 1 fully saturated rings. The molecule has 4 rings (SSSR count). The second-order valence-corrected chi connectivity index (χ2v) is 10.4. The maximum absolute atomic E-state index is 14.6. The number of fused-ring (bicyclic) bond motifs is 1. The van der Waals surface area contributed by atoms with Gasteiger partial charge in [-0.25, -0.2) is 19.4 Å². The monoisotopic (exact) mass is 396 g/mol. The minimum atomic E-state index is -4.27. The highest BCUT2D eigenvalue weighted by Gasteiger charge is 2.48. The van der Waals surface area contributed by atoms with Gasteiger partial charge in [-0.05, 0) is 53.2 Å². The van der Waals surface area contributed by atoms with Crippen LogP contribution < -0.4 is 5.56 Å². The number of alkyl halides is 3. The van der Waals surface area contributed by atoms with Crippen molar-refractivity contribution in [2.75, 3.05) is 17.3 Å². The predicted molar refractivity (Wildman–Crippen MR) is 98.5 cm³/mol. The van der Waals surface area contributed by atoms with Crippen LogP contribution in [-0.4, -0.2) is 33.0 Å². The Balaban J connectivity index is 1.88. The first kappa shape index (κ1) is 18.0. The number of hydrogen-bond donors (Lipinski definition) is 0. The number of rotatable bonds is 3. The van der Waals surface area contributed by atoms with Gasteiger partial charge < -0.3 is 0 Å². The Bertz CT molecular complexity index is 1100. The third-order valence-electron chi connectivity index (χ3n) is 4.77. The molecular weight excluding hydrogens is 380 g/mol. The molecule has 0 bridgehead atoms. The van der Waals surface area contributed by atoms with Gasteiger partial charge in [0, 0.05) is 0 Å². The molecule has 3 aromatic rings. The summed E-state index contributed by atoms with van der Waals surface area (Å²) in [7, 11) is -2.03. The summed E-state index contributed by atoms with van der Waals surface area (Å²) in [5.74, 6) is -0.568. The van der Waals surface area contributed by atoms with Gasteiger partial charge in [0.2, 0.25) is 0 Å². The number of para-hydroxylation sites is 1. The van der Waals surface area contributed by atoms with E-state index in [1.807, 2.05) is 0 Å². The highest BCUT2D eigenvalue weighted by molar-refractivity contribution is 8.39. The fourth-order valence-corrected chi connectivity index (χ4v) is 6.81. The predicted octanol–water partition coefficient (Wildman–Crippen LogP) is 4.57. The summed E-state index contributed by atoms with van der Waals surface area (Å²) >= 11 is 0. The van der Waals surface area contributed by atoms with Crippen molar-refractivity contribution in [3.63, 3.8) is 0 Å². The van der Waals surface area contributed by atoms with Crippen molar-refractivity contribution in [1.29, 1.82) is 0 Å². The summed E-state index contributed by atoms with van der Waals surface area (Å²) in [5.41, 5.74) is 0.465. The van der Waals surface area contributed by atoms with Crippen LogP contribution in [0.2, 0.25) is 0 Å². The van der Waals surface area contributed by atoms with E-state index in [1.54, 1.807) is 31.2 Å². The molecule has 1 aliphatic rings. The highest BCUT2D eigenvalue weighted by atomic mass is 32.3. The molecule has 1 aromatic heterocycles. The van der Waals surface area contributed by atoms with E-state index in [0.29, 0.717) is 32.9 Å². The Labute approximate surface area is 154 Å². The van der Waals surface area contributed by atoms with Crippen LogP contribution in [0.3, 0.4) is 0 Å². The van der Waals surface area contributed by atoms with Crippen molar-refractivity contribution < 1.29 is 17.6 Å². The van der Waals surface area contributed by atoms with Crippen LogP contribution in [-0.2, 0) is 0 Å². The Morgan fingerprint density at radius 1 is 1.19 bits per heavy atom. The SMILES string of the molecule is Cc1cc(F)c(-n2cnc3ccccc3c2=O)cc1S1(CC(F)(F)F)CC1. The van der Waals surface area contributed by atoms with E-state index in [0.717, 1.165) is 4.57 Å². The molecule has 0 saturated carbocycles. The second-order valence-electron chi connectivity index (χ2n) is 6.72. The summed E-state index contributed by atoms with van der Waals surface area (Å²) in [4.78, 5) is 17.5. The first-order valence-corrected chi connectivity index (χ1v) is 10.4. The summed E-state index contributed by atoms with van der Waals surface area (Å²) in [6.07, 6.45) is -3.05. The second kappa shape index (κ2) is 6.09. The van der Waals surface area contributed by atoms with Crippen LogP contribution in [0.1, 0.15) is 5.56 Å². The zero-order chi connectivity index (χ0) is 19.4. The molecule has 0 radical (unpaired) electrons. The number of aryl methyl sites for hydroxylation is 1. The number of halogens is 4. The topological polar surface area (TPSA) is 34.9 Å². The van der Waals surface area contributed by atoms with Crippen molar-refractivity contribution in [1.82, 2.24) is 9.55 Å². The van der Waals surface area contributed by atoms with Crippen molar-refractivity contribution in [3.8, 4) is 5.69 Å². The number of benzene rings is 2. The zero-order valence-electron chi connectivity index (χ0n) is 14.4. The van der Waals surface area contributed by atoms with Crippen LogP contribution in [0.5, 0.6) is 0 Å². The zero-order valence-corrected chi connectivity index (χ0v) is 15.2. The first-order valence-electron chi connectivity index (χ1n) is 8.30. The molecule has 8 heteroatoms. The van der Waals surface area contributed by atoms with E-state index in [1.165, 1.54) is 18.5 Å². The molecule has 0 unspecified atom stereocenters. The lowest BCUT2D eigenvalue weighted by atomic mass is 10.2. The average molecular weight is 396 g/mol. The number of aromatic nitrogens is 2. The molecule has 0 amide bonds. The van der Waals surface area contributed by atoms with E-state index in [-0.39, 0.29) is 5.69 Å². The van der Waals surface area contributed by atoms with Gasteiger partial charge in [0.1, 0.15) is 12.1 Å². The van der Waals surface area contributed by atoms with Gasteiger partial charge >= 0.3 is 6.18 Å². The largest absolute Gasteiger partial charge is 0.396 e. The molecular formula is C19H16F4N2OS. The fourth-order valence-electron chi connectivity index (χ4n) is 3.39. The van der Waals surface area contributed by atoms with Gasteiger partial charge in [0.05, 0.1) is 22.3 Å². The quantitative estimate of drug-likeness (QED) is 0.480. The van der Waals surface area contributed by atoms with Crippen LogP contribution in [0.4, 0.5) is 17.6 Å². The molecule has 0 atom stereocenters. The summed E-state index contributed by atoms with van der Waals surface area (Å²) in [6, 6.07) is 9.31. The lowest BCUT2D eigenvalue weighted by Gasteiger charge is -2.25. The molecule has 2 heterocycles. The molecule has 0 aliphatic carbocycles. The lowest BCUT2D eigenvalue weighted by Crippen LogP contribution is -2.20. The van der Waals surface area contributed by atoms with Gasteiger partial charge in [-0.1, -0.05) is 12.1 Å². The van der Waals surface area contributed by atoms with Crippen LogP contribution in [0.15, 0.2) is 52.4 Å². The van der Waals surface area contributed by atoms with Gasteiger partial charge in [0.15, 0.2) is 0 Å². The summed E-state index contributed by atoms with van der Waals surface area (Å²) in [6.45, 7) is 1.62. The maximum Gasteiger partial charge on any atom is 0.396 e. The fraction of sp³-hybridized carbons (Fsp3) is 0.263. The van der Waals surface area contributed by atoms with E-state index in [2.05, 4.69) is 4.98 Å². The third kappa shape index (κ3) is 3.22.